The molecule has 5 heteroatoms. The van der Waals surface area contributed by atoms with Crippen LogP contribution in [0.25, 0.3) is 0 Å². The monoisotopic (exact) mass is 232 g/mol. The molecule has 96 valence electrons. The molecule has 0 radical (unpaired) electrons. The van der Waals surface area contributed by atoms with E-state index in [1.165, 1.54) is 0 Å². The number of rotatable bonds is 7. The highest BCUT2D eigenvalue weighted by Crippen LogP contribution is 2.06. The van der Waals surface area contributed by atoms with E-state index in [1.54, 1.807) is 0 Å². The zero-order valence-electron chi connectivity index (χ0n) is 10.5. The first-order valence-electron chi connectivity index (χ1n) is 5.74. The molecule has 0 fully saturated rings. The Morgan fingerprint density at radius 1 is 1.19 bits per heavy atom. The number of carbonyl (C=O) groups is 1. The van der Waals surface area contributed by atoms with E-state index in [0.29, 0.717) is 13.1 Å². The molecule has 0 unspecified atom stereocenters. The quantitative estimate of drug-likeness (QED) is 0.570. The zero-order chi connectivity index (χ0) is 12.4. The first-order chi connectivity index (χ1) is 7.45. The van der Waals surface area contributed by atoms with Gasteiger partial charge in [-0.1, -0.05) is 0 Å². The second-order valence-corrected chi connectivity index (χ2v) is 4.61. The van der Waals surface area contributed by atoms with Crippen LogP contribution in [0.5, 0.6) is 0 Å². The maximum Gasteiger partial charge on any atom is 0.407 e. The Balaban J connectivity index is 3.28. The van der Waals surface area contributed by atoms with Gasteiger partial charge in [0, 0.05) is 13.1 Å². The van der Waals surface area contributed by atoms with Crippen LogP contribution in [0.3, 0.4) is 0 Å². The van der Waals surface area contributed by atoms with Gasteiger partial charge in [0.1, 0.15) is 5.60 Å². The minimum absolute atomic E-state index is 0.163. The third kappa shape index (κ3) is 11.3. The van der Waals surface area contributed by atoms with E-state index < -0.39 is 5.60 Å². The SMILES string of the molecule is CC(C)(C)OC(=O)NCCCCNCCO. The molecule has 0 aromatic rings. The number of carbonyl (C=O) groups excluding carboxylic acids is 1. The predicted octanol–water partition coefficient (Wildman–Crippen LogP) is 0.873. The van der Waals surface area contributed by atoms with E-state index in [4.69, 9.17) is 9.84 Å². The number of nitrogens with one attached hydrogen (secondary N) is 2. The van der Waals surface area contributed by atoms with Crippen molar-refractivity contribution < 1.29 is 14.6 Å². The molecule has 3 N–H and O–H groups in total. The van der Waals surface area contributed by atoms with Crippen LogP contribution in [0, 0.1) is 0 Å². The molecule has 1 amide bonds. The average molecular weight is 232 g/mol. The van der Waals surface area contributed by atoms with Crippen LogP contribution < -0.4 is 10.6 Å². The lowest BCUT2D eigenvalue weighted by Crippen LogP contribution is -2.33. The van der Waals surface area contributed by atoms with Crippen molar-refractivity contribution in [3.05, 3.63) is 0 Å². The molecule has 0 aliphatic heterocycles. The highest BCUT2D eigenvalue weighted by molar-refractivity contribution is 5.67. The number of unbranched alkanes of at least 4 members (excludes halogenated alkanes) is 1. The van der Waals surface area contributed by atoms with Crippen molar-refractivity contribution in [2.75, 3.05) is 26.2 Å². The van der Waals surface area contributed by atoms with Crippen LogP contribution in [-0.2, 0) is 4.74 Å². The summed E-state index contributed by atoms with van der Waals surface area (Å²) in [5.41, 5.74) is -0.438. The van der Waals surface area contributed by atoms with Crippen LogP contribution in [0.15, 0.2) is 0 Å². The molecular formula is C11H24N2O3. The van der Waals surface area contributed by atoms with Crippen LogP contribution in [0.4, 0.5) is 4.79 Å². The summed E-state index contributed by atoms with van der Waals surface area (Å²) in [5, 5.41) is 14.3. The van der Waals surface area contributed by atoms with Crippen molar-refractivity contribution in [3.63, 3.8) is 0 Å². The molecule has 0 rings (SSSR count). The third-order valence-corrected chi connectivity index (χ3v) is 1.74. The van der Waals surface area contributed by atoms with E-state index >= 15 is 0 Å². The van der Waals surface area contributed by atoms with Gasteiger partial charge in [-0.3, -0.25) is 0 Å². The lowest BCUT2D eigenvalue weighted by atomic mass is 10.2. The Kier molecular flexibility index (Phi) is 7.93. The number of amides is 1. The summed E-state index contributed by atoms with van der Waals surface area (Å²) in [6.07, 6.45) is 1.50. The summed E-state index contributed by atoms with van der Waals surface area (Å²) in [6.45, 7) is 7.78. The summed E-state index contributed by atoms with van der Waals surface area (Å²) >= 11 is 0. The van der Waals surface area contributed by atoms with Gasteiger partial charge in [0.2, 0.25) is 0 Å². The van der Waals surface area contributed by atoms with E-state index in [-0.39, 0.29) is 12.7 Å². The van der Waals surface area contributed by atoms with Crippen molar-refractivity contribution in [3.8, 4) is 0 Å². The van der Waals surface area contributed by atoms with E-state index in [9.17, 15) is 4.79 Å². The Labute approximate surface area is 97.6 Å². The number of hydrogen-bond donors (Lipinski definition) is 3. The van der Waals surface area contributed by atoms with Crippen molar-refractivity contribution in [2.24, 2.45) is 0 Å². The minimum Gasteiger partial charge on any atom is -0.444 e. The molecule has 0 saturated carbocycles. The highest BCUT2D eigenvalue weighted by Gasteiger charge is 2.15. The van der Waals surface area contributed by atoms with Crippen molar-refractivity contribution in [2.45, 2.75) is 39.2 Å². The van der Waals surface area contributed by atoms with Crippen molar-refractivity contribution >= 4 is 6.09 Å². The lowest BCUT2D eigenvalue weighted by Gasteiger charge is -2.19. The number of hydrogen-bond acceptors (Lipinski definition) is 4. The van der Waals surface area contributed by atoms with Crippen molar-refractivity contribution in [1.29, 1.82) is 0 Å². The van der Waals surface area contributed by atoms with E-state index in [0.717, 1.165) is 19.4 Å². The normalized spacial score (nSPS) is 11.2. The molecule has 16 heavy (non-hydrogen) atoms. The number of aliphatic hydroxyl groups is 1. The average Bonchev–Trinajstić information content (AvgIpc) is 2.13. The number of alkyl carbamates (subject to hydrolysis) is 1. The molecule has 0 spiro atoms. The third-order valence-electron chi connectivity index (χ3n) is 1.74. The Morgan fingerprint density at radius 3 is 2.38 bits per heavy atom. The summed E-state index contributed by atoms with van der Waals surface area (Å²) in [6, 6.07) is 0. The molecule has 0 saturated heterocycles. The topological polar surface area (TPSA) is 70.6 Å². The summed E-state index contributed by atoms with van der Waals surface area (Å²) in [4.78, 5) is 11.2. The maximum absolute atomic E-state index is 11.2. The standard InChI is InChI=1S/C11H24N2O3/c1-11(2,3)16-10(15)13-7-5-4-6-12-8-9-14/h12,14H,4-9H2,1-3H3,(H,13,15). The molecule has 5 nitrogen and oxygen atoms in total. The van der Waals surface area contributed by atoms with Gasteiger partial charge in [-0.05, 0) is 40.2 Å². The molecule has 0 aromatic heterocycles. The molecule has 0 heterocycles. The molecular weight excluding hydrogens is 208 g/mol. The number of aliphatic hydroxyl groups excluding tert-OH is 1. The zero-order valence-corrected chi connectivity index (χ0v) is 10.5. The second-order valence-electron chi connectivity index (χ2n) is 4.61. The number of ether oxygens (including phenoxy) is 1. The minimum atomic E-state index is -0.438. The predicted molar refractivity (Wildman–Crippen MR) is 63.4 cm³/mol. The van der Waals surface area contributed by atoms with E-state index in [2.05, 4.69) is 10.6 Å². The van der Waals surface area contributed by atoms with Crippen LogP contribution in [-0.4, -0.2) is 43.0 Å². The van der Waals surface area contributed by atoms with Gasteiger partial charge >= 0.3 is 6.09 Å². The highest BCUT2D eigenvalue weighted by atomic mass is 16.6. The molecule has 0 aromatic carbocycles. The van der Waals surface area contributed by atoms with Gasteiger partial charge < -0.3 is 20.5 Å². The van der Waals surface area contributed by atoms with Crippen LogP contribution in [0.2, 0.25) is 0 Å². The fraction of sp³-hybridized carbons (Fsp3) is 0.909. The van der Waals surface area contributed by atoms with E-state index in [1.807, 2.05) is 20.8 Å². The summed E-state index contributed by atoms with van der Waals surface area (Å²) in [5.74, 6) is 0. The van der Waals surface area contributed by atoms with Crippen LogP contribution >= 0.6 is 0 Å². The molecule has 0 bridgehead atoms. The van der Waals surface area contributed by atoms with Gasteiger partial charge in [-0.2, -0.15) is 0 Å². The summed E-state index contributed by atoms with van der Waals surface area (Å²) in [7, 11) is 0. The molecule has 0 atom stereocenters. The fourth-order valence-electron chi connectivity index (χ4n) is 1.08. The van der Waals surface area contributed by atoms with Crippen LogP contribution in [0.1, 0.15) is 33.6 Å². The largest absolute Gasteiger partial charge is 0.444 e. The maximum atomic E-state index is 11.2. The van der Waals surface area contributed by atoms with Gasteiger partial charge in [-0.15, -0.1) is 0 Å². The Bertz CT molecular complexity index is 190. The van der Waals surface area contributed by atoms with Gasteiger partial charge in [0.25, 0.3) is 0 Å². The Morgan fingerprint density at radius 2 is 1.81 bits per heavy atom. The van der Waals surface area contributed by atoms with Crippen molar-refractivity contribution in [1.82, 2.24) is 10.6 Å². The Hall–Kier alpha value is -0.810. The van der Waals surface area contributed by atoms with Gasteiger partial charge in [-0.25, -0.2) is 4.79 Å². The van der Waals surface area contributed by atoms with Gasteiger partial charge in [0.05, 0.1) is 6.61 Å². The fourth-order valence-corrected chi connectivity index (χ4v) is 1.08. The summed E-state index contributed by atoms with van der Waals surface area (Å²) < 4.78 is 5.08. The van der Waals surface area contributed by atoms with Gasteiger partial charge in [0.15, 0.2) is 0 Å². The first kappa shape index (κ1) is 15.2. The smallest absolute Gasteiger partial charge is 0.407 e. The first-order valence-corrected chi connectivity index (χ1v) is 5.74. The molecule has 0 aliphatic carbocycles. The second kappa shape index (κ2) is 8.35. The lowest BCUT2D eigenvalue weighted by molar-refractivity contribution is 0.0527. The molecule has 0 aliphatic rings.